The van der Waals surface area contributed by atoms with E-state index in [9.17, 15) is 0 Å². The van der Waals surface area contributed by atoms with Gasteiger partial charge in [0.15, 0.2) is 0 Å². The molecule has 0 fully saturated rings. The topological polar surface area (TPSA) is 32.5 Å². The third-order valence-corrected chi connectivity index (χ3v) is 2.34. The van der Waals surface area contributed by atoms with Crippen LogP contribution in [-0.2, 0) is 0 Å². The van der Waals surface area contributed by atoms with Crippen LogP contribution < -0.4 is 5.84 Å². The molecule has 0 amide bonds. The predicted octanol–water partition coefficient (Wildman–Crippen LogP) is 1.28. The van der Waals surface area contributed by atoms with Crippen LogP contribution >= 0.6 is 0 Å². The predicted molar refractivity (Wildman–Crippen MR) is 58.0 cm³/mol. The average molecular weight is 185 g/mol. The van der Waals surface area contributed by atoms with Crippen LogP contribution in [0, 0.1) is 5.92 Å². The van der Waals surface area contributed by atoms with Gasteiger partial charge in [-0.1, -0.05) is 20.4 Å². The Morgan fingerprint density at radius 2 is 1.92 bits per heavy atom. The van der Waals surface area contributed by atoms with Crippen LogP contribution in [0.15, 0.2) is 12.3 Å². The summed E-state index contributed by atoms with van der Waals surface area (Å²) in [5.74, 6) is 6.33. The van der Waals surface area contributed by atoms with Gasteiger partial charge in [-0.15, -0.1) is 0 Å². The minimum atomic E-state index is 0.479. The lowest BCUT2D eigenvalue weighted by Gasteiger charge is -2.26. The van der Waals surface area contributed by atoms with E-state index in [-0.39, 0.29) is 0 Å². The maximum absolute atomic E-state index is 5.85. The summed E-state index contributed by atoms with van der Waals surface area (Å²) in [6, 6.07) is 0. The molecule has 0 aliphatic carbocycles. The number of hydrogen-bond donors (Lipinski definition) is 1. The second-order valence-corrected chi connectivity index (χ2v) is 3.80. The molecule has 1 atom stereocenters. The van der Waals surface area contributed by atoms with E-state index in [1.54, 1.807) is 5.01 Å². The van der Waals surface area contributed by atoms with Crippen molar-refractivity contribution in [1.29, 1.82) is 0 Å². The summed E-state index contributed by atoms with van der Waals surface area (Å²) in [5.41, 5.74) is 1.03. The summed E-state index contributed by atoms with van der Waals surface area (Å²) in [6.45, 7) is 10.1. The molecular weight excluding hydrogens is 162 g/mol. The molecule has 0 aliphatic rings. The number of likely N-dealkylation sites (N-methyl/N-ethyl adjacent to an activating group) is 1. The molecule has 0 aromatic carbocycles. The number of rotatable bonds is 6. The number of nitrogens with zero attached hydrogens (tertiary/aromatic N) is 2. The summed E-state index contributed by atoms with van der Waals surface area (Å²) >= 11 is 0. The van der Waals surface area contributed by atoms with Gasteiger partial charge in [0.05, 0.1) is 0 Å². The van der Waals surface area contributed by atoms with E-state index in [4.69, 9.17) is 5.84 Å². The van der Waals surface area contributed by atoms with Gasteiger partial charge in [0.25, 0.3) is 0 Å². The molecule has 2 N–H and O–H groups in total. The van der Waals surface area contributed by atoms with Gasteiger partial charge in [-0.05, 0) is 26.4 Å². The fraction of sp³-hybridized carbons (Fsp3) is 0.800. The van der Waals surface area contributed by atoms with Crippen molar-refractivity contribution in [2.24, 2.45) is 11.8 Å². The maximum Gasteiger partial charge on any atom is 0.0465 e. The minimum absolute atomic E-state index is 0.479. The first kappa shape index (κ1) is 12.5. The highest BCUT2D eigenvalue weighted by Crippen LogP contribution is 2.13. The number of nitrogens with two attached hydrogens (primary N) is 1. The molecule has 0 spiro atoms. The van der Waals surface area contributed by atoms with Crippen molar-refractivity contribution in [3.8, 4) is 0 Å². The average Bonchev–Trinajstić information content (AvgIpc) is 2.11. The second-order valence-electron chi connectivity index (χ2n) is 3.80. The Balaban J connectivity index is 3.82. The zero-order valence-electron chi connectivity index (χ0n) is 9.38. The molecule has 0 bridgehead atoms. The van der Waals surface area contributed by atoms with Crippen molar-refractivity contribution in [3.05, 3.63) is 12.3 Å². The lowest BCUT2D eigenvalue weighted by Crippen LogP contribution is -2.37. The van der Waals surface area contributed by atoms with Crippen molar-refractivity contribution >= 4 is 0 Å². The van der Waals surface area contributed by atoms with Gasteiger partial charge in [0.1, 0.15) is 0 Å². The Labute approximate surface area is 82.2 Å². The molecule has 0 radical (unpaired) electrons. The lowest BCUT2D eigenvalue weighted by molar-refractivity contribution is 0.272. The third-order valence-electron chi connectivity index (χ3n) is 2.34. The van der Waals surface area contributed by atoms with Crippen LogP contribution in [0.3, 0.4) is 0 Å². The van der Waals surface area contributed by atoms with Gasteiger partial charge in [-0.25, -0.2) is 5.84 Å². The molecule has 78 valence electrons. The monoisotopic (exact) mass is 185 g/mol. The Bertz CT molecular complexity index is 154. The van der Waals surface area contributed by atoms with E-state index in [1.165, 1.54) is 0 Å². The normalized spacial score (nSPS) is 13.1. The van der Waals surface area contributed by atoms with Gasteiger partial charge in [0.2, 0.25) is 0 Å². The third kappa shape index (κ3) is 4.90. The molecule has 0 saturated heterocycles. The molecule has 0 aromatic rings. The van der Waals surface area contributed by atoms with Gasteiger partial charge in [0, 0.05) is 18.8 Å². The van der Waals surface area contributed by atoms with Gasteiger partial charge in [-0.2, -0.15) is 0 Å². The van der Waals surface area contributed by atoms with E-state index in [1.807, 2.05) is 14.1 Å². The smallest absolute Gasteiger partial charge is 0.0465 e. The zero-order chi connectivity index (χ0) is 10.4. The second kappa shape index (κ2) is 6.00. The maximum atomic E-state index is 5.85. The van der Waals surface area contributed by atoms with Crippen molar-refractivity contribution in [2.75, 3.05) is 27.2 Å². The quantitative estimate of drug-likeness (QED) is 0.500. The van der Waals surface area contributed by atoms with E-state index in [0.29, 0.717) is 5.92 Å². The highest BCUT2D eigenvalue weighted by molar-refractivity contribution is 4.95. The molecule has 3 heteroatoms. The van der Waals surface area contributed by atoms with Crippen molar-refractivity contribution in [1.82, 2.24) is 9.91 Å². The number of hydrogen-bond acceptors (Lipinski definition) is 3. The molecule has 0 aromatic heterocycles. The molecule has 0 aliphatic heterocycles. The Kier molecular flexibility index (Phi) is 5.75. The van der Waals surface area contributed by atoms with E-state index in [2.05, 4.69) is 25.3 Å². The summed E-state index contributed by atoms with van der Waals surface area (Å²) in [5, 5.41) is 1.76. The van der Waals surface area contributed by atoms with Crippen LogP contribution in [0.5, 0.6) is 0 Å². The molecular formula is C10H23N3. The van der Waals surface area contributed by atoms with Gasteiger partial charge >= 0.3 is 0 Å². The first-order valence-corrected chi connectivity index (χ1v) is 4.84. The standard InChI is InChI=1S/C10H23N3/c1-6-9(2)10(3)13(11)8-7-12(4)5/h9H,3,6-8,11H2,1-2,4-5H3. The highest BCUT2D eigenvalue weighted by atomic mass is 15.4. The summed E-state index contributed by atoms with van der Waals surface area (Å²) in [7, 11) is 4.08. The largest absolute Gasteiger partial charge is 0.314 e. The van der Waals surface area contributed by atoms with Crippen molar-refractivity contribution in [3.63, 3.8) is 0 Å². The Morgan fingerprint density at radius 1 is 1.38 bits per heavy atom. The van der Waals surface area contributed by atoms with Crippen molar-refractivity contribution in [2.45, 2.75) is 20.3 Å². The highest BCUT2D eigenvalue weighted by Gasteiger charge is 2.09. The molecule has 1 unspecified atom stereocenters. The van der Waals surface area contributed by atoms with Crippen LogP contribution in [0.25, 0.3) is 0 Å². The lowest BCUT2D eigenvalue weighted by atomic mass is 10.1. The van der Waals surface area contributed by atoms with Gasteiger partial charge in [-0.3, -0.25) is 0 Å². The summed E-state index contributed by atoms with van der Waals surface area (Å²) < 4.78 is 0. The van der Waals surface area contributed by atoms with E-state index < -0.39 is 0 Å². The summed E-state index contributed by atoms with van der Waals surface area (Å²) in [4.78, 5) is 2.11. The SMILES string of the molecule is C=C(C(C)CC)N(N)CCN(C)C. The molecule has 0 saturated carbocycles. The Morgan fingerprint density at radius 3 is 2.31 bits per heavy atom. The van der Waals surface area contributed by atoms with Crippen LogP contribution in [-0.4, -0.2) is 37.1 Å². The molecule has 3 nitrogen and oxygen atoms in total. The van der Waals surface area contributed by atoms with Crippen LogP contribution in [0.4, 0.5) is 0 Å². The van der Waals surface area contributed by atoms with E-state index in [0.717, 1.165) is 25.2 Å². The minimum Gasteiger partial charge on any atom is -0.314 e. The van der Waals surface area contributed by atoms with E-state index >= 15 is 0 Å². The fourth-order valence-electron chi connectivity index (χ4n) is 0.970. The Hall–Kier alpha value is -0.540. The number of allylic oxidation sites excluding steroid dienone is 1. The van der Waals surface area contributed by atoms with Crippen LogP contribution in [0.1, 0.15) is 20.3 Å². The summed E-state index contributed by atoms with van der Waals surface area (Å²) in [6.07, 6.45) is 1.09. The molecule has 0 rings (SSSR count). The van der Waals surface area contributed by atoms with Crippen LogP contribution in [0.2, 0.25) is 0 Å². The first-order valence-electron chi connectivity index (χ1n) is 4.84. The number of hydrazine groups is 1. The first-order chi connectivity index (χ1) is 5.99. The molecule has 0 heterocycles. The van der Waals surface area contributed by atoms with Crippen molar-refractivity contribution < 1.29 is 0 Å². The fourth-order valence-corrected chi connectivity index (χ4v) is 0.970. The molecule has 13 heavy (non-hydrogen) atoms. The van der Waals surface area contributed by atoms with Gasteiger partial charge < -0.3 is 9.91 Å². The zero-order valence-corrected chi connectivity index (χ0v) is 9.38.